The first-order chi connectivity index (χ1) is 14.5. The van der Waals surface area contributed by atoms with Gasteiger partial charge in [0.2, 0.25) is 11.8 Å². The van der Waals surface area contributed by atoms with Crippen LogP contribution in [0.25, 0.3) is 10.2 Å². The molecule has 0 aliphatic carbocycles. The predicted octanol–water partition coefficient (Wildman–Crippen LogP) is 3.40. The van der Waals surface area contributed by atoms with E-state index in [1.54, 1.807) is 37.4 Å². The minimum Gasteiger partial charge on any atom is -0.383 e. The first kappa shape index (κ1) is 20.5. The molecule has 0 bridgehead atoms. The van der Waals surface area contributed by atoms with E-state index >= 15 is 0 Å². The molecule has 1 aliphatic heterocycles. The molecule has 7 nitrogen and oxygen atoms in total. The van der Waals surface area contributed by atoms with Crippen molar-refractivity contribution in [2.75, 3.05) is 18.6 Å². The van der Waals surface area contributed by atoms with Gasteiger partial charge in [-0.1, -0.05) is 29.0 Å². The normalized spacial score (nSPS) is 14.9. The second kappa shape index (κ2) is 8.51. The molecule has 0 unspecified atom stereocenters. The Morgan fingerprint density at radius 3 is 2.50 bits per heavy atom. The summed E-state index contributed by atoms with van der Waals surface area (Å²) in [6.07, 6.45) is 0.426. The molecule has 154 valence electrons. The fourth-order valence-corrected chi connectivity index (χ4v) is 4.75. The Kier molecular flexibility index (Phi) is 5.80. The number of imide groups is 1. The highest BCUT2D eigenvalue weighted by molar-refractivity contribution is 7.16. The monoisotopic (exact) mass is 443 g/mol. The molecule has 2 heterocycles. The van der Waals surface area contributed by atoms with Gasteiger partial charge in [0.1, 0.15) is 0 Å². The molecule has 1 fully saturated rings. The highest BCUT2D eigenvalue weighted by Gasteiger charge is 2.30. The van der Waals surface area contributed by atoms with Crippen molar-refractivity contribution in [2.45, 2.75) is 19.4 Å². The van der Waals surface area contributed by atoms with Gasteiger partial charge in [-0.3, -0.25) is 19.3 Å². The smallest absolute Gasteiger partial charge is 0.279 e. The summed E-state index contributed by atoms with van der Waals surface area (Å²) in [6.45, 7) is 0.954. The van der Waals surface area contributed by atoms with Crippen molar-refractivity contribution < 1.29 is 19.1 Å². The zero-order valence-electron chi connectivity index (χ0n) is 16.1. The number of nitrogens with zero attached hydrogens (tertiary/aromatic N) is 3. The number of carbonyl (C=O) groups excluding carboxylic acids is 3. The van der Waals surface area contributed by atoms with Crippen molar-refractivity contribution in [1.82, 2.24) is 4.57 Å². The quantitative estimate of drug-likeness (QED) is 0.566. The summed E-state index contributed by atoms with van der Waals surface area (Å²) in [5.74, 6) is -0.885. The van der Waals surface area contributed by atoms with Crippen LogP contribution in [0.2, 0.25) is 5.02 Å². The molecule has 2 aromatic carbocycles. The molecule has 1 aromatic heterocycles. The molecule has 3 aromatic rings. The largest absolute Gasteiger partial charge is 0.383 e. The van der Waals surface area contributed by atoms with Crippen LogP contribution in [0.3, 0.4) is 0 Å². The third-order valence-corrected chi connectivity index (χ3v) is 6.14. The Morgan fingerprint density at radius 2 is 1.83 bits per heavy atom. The van der Waals surface area contributed by atoms with Gasteiger partial charge >= 0.3 is 0 Å². The van der Waals surface area contributed by atoms with Crippen LogP contribution in [-0.2, 0) is 20.9 Å². The van der Waals surface area contributed by atoms with Gasteiger partial charge < -0.3 is 9.30 Å². The maximum absolute atomic E-state index is 12.8. The number of anilines is 1. The Hall–Kier alpha value is -2.81. The lowest BCUT2D eigenvalue weighted by molar-refractivity contribution is -0.121. The number of methoxy groups -OCH3 is 1. The van der Waals surface area contributed by atoms with Gasteiger partial charge in [0.05, 0.1) is 27.5 Å². The minimum absolute atomic E-state index is 0.213. The van der Waals surface area contributed by atoms with Gasteiger partial charge in [-0.2, -0.15) is 4.99 Å². The Bertz CT molecular complexity index is 1200. The first-order valence-electron chi connectivity index (χ1n) is 9.31. The van der Waals surface area contributed by atoms with Gasteiger partial charge in [0.15, 0.2) is 4.80 Å². The second-order valence-corrected chi connectivity index (χ2v) is 8.12. The summed E-state index contributed by atoms with van der Waals surface area (Å²) in [7, 11) is 1.61. The summed E-state index contributed by atoms with van der Waals surface area (Å²) in [6, 6.07) is 11.9. The number of fused-ring (bicyclic) bond motifs is 1. The van der Waals surface area contributed by atoms with Crippen molar-refractivity contribution >= 4 is 56.6 Å². The van der Waals surface area contributed by atoms with E-state index in [0.29, 0.717) is 34.2 Å². The van der Waals surface area contributed by atoms with Gasteiger partial charge in [-0.15, -0.1) is 0 Å². The predicted molar refractivity (Wildman–Crippen MR) is 115 cm³/mol. The van der Waals surface area contributed by atoms with Crippen molar-refractivity contribution in [3.8, 4) is 0 Å². The van der Waals surface area contributed by atoms with Crippen LogP contribution in [0.15, 0.2) is 47.5 Å². The van der Waals surface area contributed by atoms with Crippen LogP contribution in [0.4, 0.5) is 5.69 Å². The maximum atomic E-state index is 12.8. The maximum Gasteiger partial charge on any atom is 0.279 e. The molecule has 3 amide bonds. The number of para-hydroxylation sites is 1. The third kappa shape index (κ3) is 3.81. The molecule has 9 heteroatoms. The molecule has 1 aliphatic rings. The van der Waals surface area contributed by atoms with E-state index in [1.807, 2.05) is 16.7 Å². The number of ether oxygens (including phenoxy) is 1. The van der Waals surface area contributed by atoms with Gasteiger partial charge in [0, 0.05) is 32.1 Å². The average molecular weight is 444 g/mol. The average Bonchev–Trinajstić information content (AvgIpc) is 3.26. The second-order valence-electron chi connectivity index (χ2n) is 6.70. The van der Waals surface area contributed by atoms with E-state index in [2.05, 4.69) is 4.99 Å². The fourth-order valence-electron chi connectivity index (χ4n) is 3.33. The molecular weight excluding hydrogens is 426 g/mol. The molecular formula is C21H18ClN3O4S. The first-order valence-corrected chi connectivity index (χ1v) is 10.5. The number of aromatic nitrogens is 1. The van der Waals surface area contributed by atoms with E-state index in [1.165, 1.54) is 11.3 Å². The SMILES string of the molecule is COCCn1c(=NC(=O)c2ccc(N3C(=O)CCC3=O)cc2)sc2cccc(Cl)c21. The van der Waals surface area contributed by atoms with E-state index in [-0.39, 0.29) is 24.7 Å². The number of thiazole rings is 1. The van der Waals surface area contributed by atoms with Crippen molar-refractivity contribution in [2.24, 2.45) is 4.99 Å². The molecule has 1 saturated heterocycles. The molecule has 0 radical (unpaired) electrons. The summed E-state index contributed by atoms with van der Waals surface area (Å²) in [4.78, 5) is 42.5. The van der Waals surface area contributed by atoms with E-state index in [9.17, 15) is 14.4 Å². The van der Waals surface area contributed by atoms with Crippen LogP contribution >= 0.6 is 22.9 Å². The van der Waals surface area contributed by atoms with Crippen LogP contribution in [0, 0.1) is 0 Å². The van der Waals surface area contributed by atoms with Crippen molar-refractivity contribution in [1.29, 1.82) is 0 Å². The fraction of sp³-hybridized carbons (Fsp3) is 0.238. The van der Waals surface area contributed by atoms with Crippen molar-refractivity contribution in [3.63, 3.8) is 0 Å². The van der Waals surface area contributed by atoms with Gasteiger partial charge in [0.25, 0.3) is 5.91 Å². The lowest BCUT2D eigenvalue weighted by Gasteiger charge is -2.13. The summed E-state index contributed by atoms with van der Waals surface area (Å²) in [5, 5.41) is 0.582. The summed E-state index contributed by atoms with van der Waals surface area (Å²) >= 11 is 7.74. The Morgan fingerprint density at radius 1 is 1.13 bits per heavy atom. The van der Waals surface area contributed by atoms with Crippen LogP contribution in [0.1, 0.15) is 23.2 Å². The number of halogens is 1. The van der Waals surface area contributed by atoms with E-state index < -0.39 is 5.91 Å². The molecule has 30 heavy (non-hydrogen) atoms. The lowest BCUT2D eigenvalue weighted by atomic mass is 10.2. The van der Waals surface area contributed by atoms with Gasteiger partial charge in [-0.05, 0) is 36.4 Å². The van der Waals surface area contributed by atoms with Crippen molar-refractivity contribution in [3.05, 3.63) is 57.9 Å². The van der Waals surface area contributed by atoms with E-state index in [4.69, 9.17) is 16.3 Å². The topological polar surface area (TPSA) is 81.0 Å². The van der Waals surface area contributed by atoms with Crippen LogP contribution < -0.4 is 9.70 Å². The Labute approximate surface area is 181 Å². The molecule has 4 rings (SSSR count). The Balaban J connectivity index is 1.69. The number of hydrogen-bond donors (Lipinski definition) is 0. The highest BCUT2D eigenvalue weighted by atomic mass is 35.5. The third-order valence-electron chi connectivity index (χ3n) is 4.79. The van der Waals surface area contributed by atoms with Crippen LogP contribution in [0.5, 0.6) is 0 Å². The number of hydrogen-bond acceptors (Lipinski definition) is 5. The lowest BCUT2D eigenvalue weighted by Crippen LogP contribution is -2.28. The highest BCUT2D eigenvalue weighted by Crippen LogP contribution is 2.26. The number of carbonyl (C=O) groups is 3. The number of rotatable bonds is 5. The molecule has 0 N–H and O–H groups in total. The zero-order chi connectivity index (χ0) is 21.3. The van der Waals surface area contributed by atoms with Crippen LogP contribution in [-0.4, -0.2) is 36.0 Å². The molecule has 0 atom stereocenters. The summed E-state index contributed by atoms with van der Waals surface area (Å²) < 4.78 is 7.98. The minimum atomic E-state index is -0.422. The summed E-state index contributed by atoms with van der Waals surface area (Å²) in [5.41, 5.74) is 1.64. The standard InChI is InChI=1S/C21H18ClN3O4S/c1-29-12-11-24-19-15(22)3-2-4-16(19)30-21(24)23-20(28)13-5-7-14(8-6-13)25-17(26)9-10-18(25)27/h2-8H,9-12H2,1H3. The zero-order valence-corrected chi connectivity index (χ0v) is 17.7. The number of amides is 3. The number of benzene rings is 2. The molecule has 0 spiro atoms. The van der Waals surface area contributed by atoms with Gasteiger partial charge in [-0.25, -0.2) is 0 Å². The molecule has 0 saturated carbocycles. The van der Waals surface area contributed by atoms with E-state index in [0.717, 1.165) is 15.1 Å².